The van der Waals surface area contributed by atoms with E-state index in [4.69, 9.17) is 5.73 Å². The van der Waals surface area contributed by atoms with E-state index >= 15 is 0 Å². The molecule has 0 bridgehead atoms. The van der Waals surface area contributed by atoms with E-state index in [1.165, 1.54) is 17.6 Å². The summed E-state index contributed by atoms with van der Waals surface area (Å²) in [7, 11) is -3.00. The molecule has 1 aromatic rings. The van der Waals surface area contributed by atoms with Gasteiger partial charge >= 0.3 is 0 Å². The van der Waals surface area contributed by atoms with E-state index in [1.807, 2.05) is 6.92 Å². The van der Waals surface area contributed by atoms with Crippen LogP contribution >= 0.6 is 11.3 Å². The van der Waals surface area contributed by atoms with Crippen molar-refractivity contribution in [3.05, 3.63) is 15.6 Å². The third-order valence-electron chi connectivity index (χ3n) is 2.49. The van der Waals surface area contributed by atoms with Crippen LogP contribution in [-0.2, 0) is 15.6 Å². The summed E-state index contributed by atoms with van der Waals surface area (Å²) in [6, 6.07) is -0.0542. The average Bonchev–Trinajstić information content (AvgIpc) is 2.86. The first-order chi connectivity index (χ1) is 7.37. The maximum Gasteiger partial charge on any atom is 0.153 e. The topological polar surface area (TPSA) is 73.1 Å². The second-order valence-corrected chi connectivity index (χ2v) is 7.75. The Morgan fingerprint density at radius 2 is 2.19 bits per heavy atom. The molecule has 6 heteroatoms. The molecule has 1 fully saturated rings. The minimum Gasteiger partial charge on any atom is -0.323 e. The zero-order valence-corrected chi connectivity index (χ0v) is 11.1. The molecule has 0 aromatic carbocycles. The molecule has 1 aliphatic rings. The number of aromatic nitrogens is 1. The van der Waals surface area contributed by atoms with E-state index in [0.717, 1.165) is 23.4 Å². The molecule has 0 amide bonds. The van der Waals surface area contributed by atoms with Crippen molar-refractivity contribution >= 4 is 21.2 Å². The fraction of sp³-hybridized carbons (Fsp3) is 0.700. The van der Waals surface area contributed by atoms with Gasteiger partial charge in [0.25, 0.3) is 0 Å². The van der Waals surface area contributed by atoms with Crippen molar-refractivity contribution in [2.45, 2.75) is 37.5 Å². The largest absolute Gasteiger partial charge is 0.323 e. The van der Waals surface area contributed by atoms with Crippen LogP contribution in [0.15, 0.2) is 0 Å². The van der Waals surface area contributed by atoms with Crippen LogP contribution < -0.4 is 5.73 Å². The first kappa shape index (κ1) is 12.0. The van der Waals surface area contributed by atoms with Gasteiger partial charge in [-0.15, -0.1) is 11.3 Å². The minimum absolute atomic E-state index is 0.0319. The van der Waals surface area contributed by atoms with E-state index < -0.39 is 9.84 Å². The predicted octanol–water partition coefficient (Wildman–Crippen LogP) is 1.58. The highest BCUT2D eigenvalue weighted by molar-refractivity contribution is 7.90. The van der Waals surface area contributed by atoms with Crippen LogP contribution in [0.2, 0.25) is 0 Å². The van der Waals surface area contributed by atoms with Crippen LogP contribution in [0.3, 0.4) is 0 Å². The number of thiazole rings is 1. The molecule has 16 heavy (non-hydrogen) atoms. The molecule has 2 rings (SSSR count). The fourth-order valence-electron chi connectivity index (χ4n) is 1.65. The van der Waals surface area contributed by atoms with Crippen LogP contribution in [0.4, 0.5) is 0 Å². The van der Waals surface area contributed by atoms with Crippen molar-refractivity contribution in [2.24, 2.45) is 5.73 Å². The molecule has 1 aromatic heterocycles. The monoisotopic (exact) mass is 260 g/mol. The van der Waals surface area contributed by atoms with Crippen LogP contribution in [0.25, 0.3) is 0 Å². The van der Waals surface area contributed by atoms with Gasteiger partial charge in [0.1, 0.15) is 10.8 Å². The number of sulfone groups is 1. The molecule has 90 valence electrons. The second-order valence-electron chi connectivity index (χ2n) is 4.49. The Morgan fingerprint density at radius 3 is 2.62 bits per heavy atom. The predicted molar refractivity (Wildman–Crippen MR) is 65.2 cm³/mol. The number of rotatable bonds is 4. The van der Waals surface area contributed by atoms with Gasteiger partial charge in [-0.05, 0) is 19.8 Å². The maximum absolute atomic E-state index is 11.2. The molecule has 0 saturated heterocycles. The molecule has 4 nitrogen and oxygen atoms in total. The summed E-state index contributed by atoms with van der Waals surface area (Å²) in [5, 5.41) is 0.678. The highest BCUT2D eigenvalue weighted by atomic mass is 32.2. The van der Waals surface area contributed by atoms with E-state index in [2.05, 4.69) is 4.98 Å². The van der Waals surface area contributed by atoms with E-state index in [1.54, 1.807) is 0 Å². The van der Waals surface area contributed by atoms with Gasteiger partial charge in [-0.25, -0.2) is 13.4 Å². The van der Waals surface area contributed by atoms with Gasteiger partial charge in [0.15, 0.2) is 9.84 Å². The van der Waals surface area contributed by atoms with Gasteiger partial charge in [0, 0.05) is 23.1 Å². The van der Waals surface area contributed by atoms with E-state index in [-0.39, 0.29) is 11.8 Å². The van der Waals surface area contributed by atoms with Crippen molar-refractivity contribution in [3.8, 4) is 0 Å². The van der Waals surface area contributed by atoms with Crippen molar-refractivity contribution in [1.82, 2.24) is 4.98 Å². The van der Waals surface area contributed by atoms with Gasteiger partial charge in [0.05, 0.1) is 5.69 Å². The minimum atomic E-state index is -3.00. The molecule has 1 unspecified atom stereocenters. The Labute approximate surface area is 99.8 Å². The smallest absolute Gasteiger partial charge is 0.153 e. The second kappa shape index (κ2) is 4.09. The summed E-state index contributed by atoms with van der Waals surface area (Å²) in [6.45, 7) is 1.92. The SMILES string of the molecule is CC(N)c1sc(CS(C)(=O)=O)nc1C1CC1. The third-order valence-corrected chi connectivity index (χ3v) is 4.74. The first-order valence-corrected chi connectivity index (χ1v) is 8.17. The van der Waals surface area contributed by atoms with Crippen LogP contribution in [0, 0.1) is 0 Å². The fourth-order valence-corrected chi connectivity index (χ4v) is 3.94. The van der Waals surface area contributed by atoms with Gasteiger partial charge in [-0.2, -0.15) is 0 Å². The number of hydrogen-bond donors (Lipinski definition) is 1. The Balaban J connectivity index is 2.31. The van der Waals surface area contributed by atoms with Crippen molar-refractivity contribution in [2.75, 3.05) is 6.26 Å². The van der Waals surface area contributed by atoms with Crippen LogP contribution in [0.1, 0.15) is 47.3 Å². The highest BCUT2D eigenvalue weighted by Crippen LogP contribution is 2.44. The first-order valence-electron chi connectivity index (χ1n) is 5.29. The average molecular weight is 260 g/mol. The quantitative estimate of drug-likeness (QED) is 0.892. The lowest BCUT2D eigenvalue weighted by atomic mass is 10.2. The lowest BCUT2D eigenvalue weighted by molar-refractivity contribution is 0.601. The van der Waals surface area contributed by atoms with Crippen molar-refractivity contribution in [1.29, 1.82) is 0 Å². The number of nitrogens with two attached hydrogens (primary N) is 1. The Kier molecular flexibility index (Phi) is 3.07. The summed E-state index contributed by atoms with van der Waals surface area (Å²) in [5.41, 5.74) is 6.92. The van der Waals surface area contributed by atoms with Gasteiger partial charge in [0.2, 0.25) is 0 Å². The van der Waals surface area contributed by atoms with Gasteiger partial charge < -0.3 is 5.73 Å². The normalized spacial score (nSPS) is 18.7. The van der Waals surface area contributed by atoms with Gasteiger partial charge in [-0.1, -0.05) is 0 Å². The number of nitrogens with zero attached hydrogens (tertiary/aromatic N) is 1. The Hall–Kier alpha value is -0.460. The summed E-state index contributed by atoms with van der Waals surface area (Å²) in [4.78, 5) is 5.49. The molecule has 1 aliphatic carbocycles. The van der Waals surface area contributed by atoms with Crippen molar-refractivity contribution in [3.63, 3.8) is 0 Å². The Bertz CT molecular complexity index is 467. The standard InChI is InChI=1S/C10H16N2O2S2/c1-6(11)10-9(7-3-4-7)12-8(15-10)5-16(2,13)14/h6-7H,3-5,11H2,1-2H3. The van der Waals surface area contributed by atoms with Crippen LogP contribution in [0.5, 0.6) is 0 Å². The van der Waals surface area contributed by atoms with Crippen LogP contribution in [-0.4, -0.2) is 19.7 Å². The molecule has 1 saturated carbocycles. The molecule has 1 heterocycles. The molecule has 0 spiro atoms. The van der Waals surface area contributed by atoms with Gasteiger partial charge in [-0.3, -0.25) is 0 Å². The summed E-state index contributed by atoms with van der Waals surface area (Å²) in [6.07, 6.45) is 3.54. The van der Waals surface area contributed by atoms with E-state index in [0.29, 0.717) is 10.9 Å². The lowest BCUT2D eigenvalue weighted by Crippen LogP contribution is -2.05. The molecule has 0 aliphatic heterocycles. The molecule has 2 N–H and O–H groups in total. The lowest BCUT2D eigenvalue weighted by Gasteiger charge is -2.02. The summed E-state index contributed by atoms with van der Waals surface area (Å²) >= 11 is 1.45. The maximum atomic E-state index is 11.2. The van der Waals surface area contributed by atoms with Crippen molar-refractivity contribution < 1.29 is 8.42 Å². The molecular weight excluding hydrogens is 244 g/mol. The molecule has 0 radical (unpaired) electrons. The zero-order valence-electron chi connectivity index (χ0n) is 9.43. The molecular formula is C10H16N2O2S2. The number of hydrogen-bond acceptors (Lipinski definition) is 5. The van der Waals surface area contributed by atoms with E-state index in [9.17, 15) is 8.42 Å². The third kappa shape index (κ3) is 2.81. The Morgan fingerprint density at radius 1 is 1.56 bits per heavy atom. The molecule has 1 atom stereocenters. The highest BCUT2D eigenvalue weighted by Gasteiger charge is 2.30. The zero-order chi connectivity index (χ0) is 11.9. The summed E-state index contributed by atoms with van der Waals surface area (Å²) in [5.74, 6) is 0.551. The summed E-state index contributed by atoms with van der Waals surface area (Å²) < 4.78 is 22.4.